The van der Waals surface area contributed by atoms with Crippen molar-refractivity contribution in [1.29, 1.82) is 0 Å². The number of hydrazine groups is 1. The third-order valence-corrected chi connectivity index (χ3v) is 3.30. The second-order valence-electron chi connectivity index (χ2n) is 3.93. The van der Waals surface area contributed by atoms with E-state index in [4.69, 9.17) is 0 Å². The SMILES string of the molecule is CNC(=O)c1ccsc1NC(=O)NNc1ncc(F)cc1F. The summed E-state index contributed by atoms with van der Waals surface area (Å²) in [4.78, 5) is 26.7. The number of carbonyl (C=O) groups is 2. The highest BCUT2D eigenvalue weighted by atomic mass is 32.1. The van der Waals surface area contributed by atoms with E-state index in [0.717, 1.165) is 17.5 Å². The Morgan fingerprint density at radius 3 is 2.77 bits per heavy atom. The van der Waals surface area contributed by atoms with Crippen molar-refractivity contribution >= 4 is 34.1 Å². The van der Waals surface area contributed by atoms with E-state index >= 15 is 0 Å². The molecule has 116 valence electrons. The van der Waals surface area contributed by atoms with Gasteiger partial charge in [0.2, 0.25) is 0 Å². The largest absolute Gasteiger partial charge is 0.355 e. The molecule has 0 saturated heterocycles. The highest BCUT2D eigenvalue weighted by Gasteiger charge is 2.14. The fourth-order valence-corrected chi connectivity index (χ4v) is 2.26. The number of pyridine rings is 1. The lowest BCUT2D eigenvalue weighted by Gasteiger charge is -2.09. The van der Waals surface area contributed by atoms with Gasteiger partial charge in [0.05, 0.1) is 11.8 Å². The number of carbonyl (C=O) groups excluding carboxylic acids is 2. The van der Waals surface area contributed by atoms with Gasteiger partial charge in [-0.3, -0.25) is 15.5 Å². The van der Waals surface area contributed by atoms with Crippen molar-refractivity contribution in [1.82, 2.24) is 15.7 Å². The maximum Gasteiger partial charge on any atom is 0.338 e. The summed E-state index contributed by atoms with van der Waals surface area (Å²) < 4.78 is 26.0. The summed E-state index contributed by atoms with van der Waals surface area (Å²) in [5.41, 5.74) is 4.64. The Hall–Kier alpha value is -2.75. The number of nitrogens with zero attached hydrogens (tertiary/aromatic N) is 1. The Morgan fingerprint density at radius 2 is 2.09 bits per heavy atom. The van der Waals surface area contributed by atoms with Crippen molar-refractivity contribution < 1.29 is 18.4 Å². The highest BCUT2D eigenvalue weighted by molar-refractivity contribution is 7.14. The minimum atomic E-state index is -0.956. The molecule has 0 atom stereocenters. The summed E-state index contributed by atoms with van der Waals surface area (Å²) in [6.07, 6.45) is 0.800. The van der Waals surface area contributed by atoms with Gasteiger partial charge in [0.25, 0.3) is 5.91 Å². The summed E-state index contributed by atoms with van der Waals surface area (Å²) in [5.74, 6) is -2.48. The molecule has 0 saturated carbocycles. The van der Waals surface area contributed by atoms with Crippen molar-refractivity contribution in [3.05, 3.63) is 40.9 Å². The predicted molar refractivity (Wildman–Crippen MR) is 77.6 cm³/mol. The van der Waals surface area contributed by atoms with E-state index in [1.54, 1.807) is 11.4 Å². The third-order valence-electron chi connectivity index (χ3n) is 2.47. The zero-order chi connectivity index (χ0) is 16.1. The van der Waals surface area contributed by atoms with Gasteiger partial charge in [-0.25, -0.2) is 24.0 Å². The number of urea groups is 1. The lowest BCUT2D eigenvalue weighted by molar-refractivity contribution is 0.0964. The number of hydrogen-bond donors (Lipinski definition) is 4. The molecule has 4 N–H and O–H groups in total. The van der Waals surface area contributed by atoms with Crippen LogP contribution in [-0.4, -0.2) is 24.0 Å². The Balaban J connectivity index is 1.96. The molecular weight excluding hydrogens is 316 g/mol. The van der Waals surface area contributed by atoms with Gasteiger partial charge < -0.3 is 5.32 Å². The first-order valence-corrected chi connectivity index (χ1v) is 6.83. The maximum absolute atomic E-state index is 13.3. The van der Waals surface area contributed by atoms with E-state index in [2.05, 4.69) is 26.5 Å². The topological polar surface area (TPSA) is 95.2 Å². The number of nitrogens with one attached hydrogen (secondary N) is 4. The zero-order valence-corrected chi connectivity index (χ0v) is 12.1. The molecule has 0 aliphatic carbocycles. The van der Waals surface area contributed by atoms with Crippen molar-refractivity contribution in [3.8, 4) is 0 Å². The molecule has 0 bridgehead atoms. The number of anilines is 2. The van der Waals surface area contributed by atoms with Crippen molar-refractivity contribution in [2.45, 2.75) is 0 Å². The van der Waals surface area contributed by atoms with Crippen LogP contribution in [0.15, 0.2) is 23.7 Å². The standard InChI is InChI=1S/C12H11F2N5O2S/c1-15-10(20)7-2-3-22-11(7)17-12(21)19-18-9-8(14)4-6(13)5-16-9/h2-5H,1H3,(H,15,20)(H,16,18)(H2,17,19,21). The number of rotatable bonds is 4. The lowest BCUT2D eigenvalue weighted by atomic mass is 10.3. The maximum atomic E-state index is 13.3. The van der Waals surface area contributed by atoms with E-state index in [-0.39, 0.29) is 11.7 Å². The van der Waals surface area contributed by atoms with Crippen LogP contribution < -0.4 is 21.5 Å². The monoisotopic (exact) mass is 327 g/mol. The summed E-state index contributed by atoms with van der Waals surface area (Å²) in [6, 6.07) is 1.43. The molecule has 0 aromatic carbocycles. The molecule has 7 nitrogen and oxygen atoms in total. The summed E-state index contributed by atoms with van der Waals surface area (Å²) in [5, 5.41) is 6.82. The van der Waals surface area contributed by atoms with E-state index in [9.17, 15) is 18.4 Å². The molecule has 0 aliphatic heterocycles. The quantitative estimate of drug-likeness (QED) is 0.645. The smallest absolute Gasteiger partial charge is 0.338 e. The molecule has 2 heterocycles. The normalized spacial score (nSPS) is 9.95. The first kappa shape index (κ1) is 15.6. The first-order valence-electron chi connectivity index (χ1n) is 5.95. The van der Waals surface area contributed by atoms with Gasteiger partial charge >= 0.3 is 6.03 Å². The third kappa shape index (κ3) is 3.67. The van der Waals surface area contributed by atoms with Crippen LogP contribution in [0.5, 0.6) is 0 Å². The van der Waals surface area contributed by atoms with Gasteiger partial charge in [-0.2, -0.15) is 0 Å². The molecule has 2 aromatic rings. The summed E-state index contributed by atoms with van der Waals surface area (Å²) in [7, 11) is 1.47. The number of hydrogen-bond acceptors (Lipinski definition) is 5. The van der Waals surface area contributed by atoms with Crippen LogP contribution in [-0.2, 0) is 0 Å². The molecule has 0 fully saturated rings. The van der Waals surface area contributed by atoms with Gasteiger partial charge in [-0.1, -0.05) is 0 Å². The van der Waals surface area contributed by atoms with Crippen LogP contribution in [0.3, 0.4) is 0 Å². The number of aromatic nitrogens is 1. The van der Waals surface area contributed by atoms with Crippen LogP contribution in [0.2, 0.25) is 0 Å². The van der Waals surface area contributed by atoms with Crippen molar-refractivity contribution in [2.24, 2.45) is 0 Å². The minimum absolute atomic E-state index is 0.300. The van der Waals surface area contributed by atoms with Crippen LogP contribution >= 0.6 is 11.3 Å². The molecule has 10 heteroatoms. The molecule has 2 aromatic heterocycles. The van der Waals surface area contributed by atoms with E-state index in [1.165, 1.54) is 7.05 Å². The Kier molecular flexibility index (Phi) is 4.84. The average Bonchev–Trinajstić information content (AvgIpc) is 2.93. The number of amides is 3. The molecule has 0 unspecified atom stereocenters. The van der Waals surface area contributed by atoms with E-state index in [1.807, 2.05) is 0 Å². The highest BCUT2D eigenvalue weighted by Crippen LogP contribution is 2.22. The molecule has 3 amide bonds. The van der Waals surface area contributed by atoms with Crippen LogP contribution in [0.1, 0.15) is 10.4 Å². The second kappa shape index (κ2) is 6.80. The van der Waals surface area contributed by atoms with Crippen molar-refractivity contribution in [3.63, 3.8) is 0 Å². The Bertz CT molecular complexity index is 707. The van der Waals surface area contributed by atoms with Crippen LogP contribution in [0.25, 0.3) is 0 Å². The fourth-order valence-electron chi connectivity index (χ4n) is 1.48. The molecular formula is C12H11F2N5O2S. The zero-order valence-electron chi connectivity index (χ0n) is 11.2. The number of thiophene rings is 1. The molecule has 22 heavy (non-hydrogen) atoms. The van der Waals surface area contributed by atoms with E-state index in [0.29, 0.717) is 16.6 Å². The lowest BCUT2D eigenvalue weighted by Crippen LogP contribution is -2.34. The van der Waals surface area contributed by atoms with Gasteiger partial charge in [0, 0.05) is 13.1 Å². The van der Waals surface area contributed by atoms with Crippen LogP contribution in [0, 0.1) is 11.6 Å². The summed E-state index contributed by atoms with van der Waals surface area (Å²) >= 11 is 1.15. The molecule has 0 spiro atoms. The predicted octanol–water partition coefficient (Wildman–Crippen LogP) is 1.93. The number of halogens is 2. The first-order chi connectivity index (χ1) is 10.5. The fraction of sp³-hybridized carbons (Fsp3) is 0.0833. The van der Waals surface area contributed by atoms with Gasteiger partial charge in [0.15, 0.2) is 11.6 Å². The molecule has 0 aliphatic rings. The minimum Gasteiger partial charge on any atom is -0.355 e. The van der Waals surface area contributed by atoms with E-state index < -0.39 is 17.7 Å². The van der Waals surface area contributed by atoms with Gasteiger partial charge in [-0.05, 0) is 11.4 Å². The average molecular weight is 327 g/mol. The van der Waals surface area contributed by atoms with Gasteiger partial charge in [-0.15, -0.1) is 11.3 Å². The Morgan fingerprint density at radius 1 is 1.32 bits per heavy atom. The van der Waals surface area contributed by atoms with Crippen LogP contribution in [0.4, 0.5) is 24.4 Å². The Labute approximate surface area is 127 Å². The molecule has 0 radical (unpaired) electrons. The molecule has 2 rings (SSSR count). The van der Waals surface area contributed by atoms with Gasteiger partial charge in [0.1, 0.15) is 10.8 Å². The second-order valence-corrected chi connectivity index (χ2v) is 4.85. The van der Waals surface area contributed by atoms with Crippen molar-refractivity contribution in [2.75, 3.05) is 17.8 Å². The summed E-state index contributed by atoms with van der Waals surface area (Å²) in [6.45, 7) is 0.